The number of nitrogens with zero attached hydrogens (tertiary/aromatic N) is 1. The van der Waals surface area contributed by atoms with Crippen LogP contribution in [0.25, 0.3) is 0 Å². The summed E-state index contributed by atoms with van der Waals surface area (Å²) in [5.74, 6) is -2.40. The van der Waals surface area contributed by atoms with E-state index in [0.29, 0.717) is 44.5 Å². The lowest BCUT2D eigenvalue weighted by Crippen LogP contribution is -2.57. The molecule has 48 heavy (non-hydrogen) atoms. The molecule has 1 heterocycles. The summed E-state index contributed by atoms with van der Waals surface area (Å²) in [6.07, 6.45) is 0.103. The van der Waals surface area contributed by atoms with Gasteiger partial charge in [-0.15, -0.1) is 23.2 Å². The molecule has 238 valence electrons. The molecule has 0 radical (unpaired) electrons. The van der Waals surface area contributed by atoms with Crippen LogP contribution in [-0.4, -0.2) is 28.7 Å². The number of hydrogen-bond donors (Lipinski definition) is 1. The minimum atomic E-state index is -1.34. The predicted molar refractivity (Wildman–Crippen MR) is 186 cm³/mol. The van der Waals surface area contributed by atoms with Crippen molar-refractivity contribution in [2.45, 2.75) is 22.2 Å². The van der Waals surface area contributed by atoms with Gasteiger partial charge in [-0.3, -0.25) is 19.3 Å². The topological polar surface area (TPSA) is 75.7 Å². The van der Waals surface area contributed by atoms with Crippen molar-refractivity contribution in [2.24, 2.45) is 11.8 Å². The Bertz CT molecular complexity index is 1960. The van der Waals surface area contributed by atoms with Gasteiger partial charge < -0.3 is 10.1 Å². The molecule has 6 nitrogen and oxygen atoms in total. The van der Waals surface area contributed by atoms with E-state index in [4.69, 9.17) is 39.5 Å². The number of carbonyl (C=O) groups excluding carboxylic acids is 3. The van der Waals surface area contributed by atoms with Crippen LogP contribution in [0.1, 0.15) is 27.8 Å². The molecular weight excluding hydrogens is 667 g/mol. The van der Waals surface area contributed by atoms with Gasteiger partial charge in [-0.05, 0) is 76.3 Å². The van der Waals surface area contributed by atoms with Crippen molar-refractivity contribution in [2.75, 3.05) is 5.32 Å². The van der Waals surface area contributed by atoms with Gasteiger partial charge in [-0.25, -0.2) is 0 Å². The summed E-state index contributed by atoms with van der Waals surface area (Å²) in [5, 5.41) is 3.53. The average molecular weight is 694 g/mol. The number of imide groups is 1. The SMILES string of the molecule is O=C(Nc1ccc(Oc2ccc(Cl)cc2)cc1)[C@H](Cc1ccccc1)N1C(=O)[C@H]2[C@H](C1=O)C1(Cl)c3ccccc3C2(Cl)c2ccccc21. The van der Waals surface area contributed by atoms with Crippen molar-refractivity contribution in [1.29, 1.82) is 0 Å². The largest absolute Gasteiger partial charge is 0.457 e. The summed E-state index contributed by atoms with van der Waals surface area (Å²) in [4.78, 5) is 42.0. The van der Waals surface area contributed by atoms with Gasteiger partial charge >= 0.3 is 0 Å². The Kier molecular flexibility index (Phi) is 7.37. The zero-order chi connectivity index (χ0) is 33.2. The Morgan fingerprint density at radius 2 is 1.10 bits per heavy atom. The molecule has 9 heteroatoms. The van der Waals surface area contributed by atoms with Crippen LogP contribution in [0.2, 0.25) is 5.02 Å². The maximum atomic E-state index is 14.7. The van der Waals surface area contributed by atoms with E-state index in [9.17, 15) is 14.4 Å². The standard InChI is InChI=1S/C39H27Cl3N2O4/c40-24-14-18-26(19-15-24)48-27-20-16-25(17-21-27)43-35(45)32(22-23-8-2-1-3-9-23)44-36(46)33-34(37(44)47)39(42)29-11-5-4-10-28(29)38(33,41)30-12-6-7-13-31(30)39/h1-21,32-34H,22H2,(H,43,45)/t32-,33+,34+,38?,39?/m0/s1. The zero-order valence-electron chi connectivity index (χ0n) is 25.3. The minimum Gasteiger partial charge on any atom is -0.457 e. The molecule has 0 spiro atoms. The third kappa shape index (κ3) is 4.58. The molecule has 5 aromatic carbocycles. The molecule has 1 saturated heterocycles. The fourth-order valence-electron chi connectivity index (χ4n) is 7.61. The van der Waals surface area contributed by atoms with Crippen LogP contribution in [0.15, 0.2) is 127 Å². The molecule has 2 bridgehead atoms. The van der Waals surface area contributed by atoms with Crippen molar-refractivity contribution >= 4 is 58.2 Å². The summed E-state index contributed by atoms with van der Waals surface area (Å²) >= 11 is 21.2. The zero-order valence-corrected chi connectivity index (χ0v) is 27.5. The number of ether oxygens (including phenoxy) is 1. The number of hydrogen-bond acceptors (Lipinski definition) is 4. The van der Waals surface area contributed by atoms with Gasteiger partial charge in [0.2, 0.25) is 17.7 Å². The van der Waals surface area contributed by atoms with Crippen LogP contribution < -0.4 is 10.1 Å². The van der Waals surface area contributed by atoms with Crippen molar-refractivity contribution in [3.63, 3.8) is 0 Å². The van der Waals surface area contributed by atoms with Crippen LogP contribution >= 0.6 is 34.8 Å². The van der Waals surface area contributed by atoms with Crippen LogP contribution in [0.3, 0.4) is 0 Å². The number of anilines is 1. The number of nitrogens with one attached hydrogen (secondary N) is 1. The summed E-state index contributed by atoms with van der Waals surface area (Å²) in [5.41, 5.74) is 4.07. The molecule has 3 aliphatic carbocycles. The number of carbonyl (C=O) groups is 3. The fourth-order valence-corrected chi connectivity index (χ4v) is 8.83. The van der Waals surface area contributed by atoms with E-state index < -0.39 is 45.3 Å². The minimum absolute atomic E-state index is 0.103. The molecule has 1 fully saturated rings. The molecule has 0 aromatic heterocycles. The maximum absolute atomic E-state index is 14.7. The normalized spacial score (nSPS) is 24.0. The number of halogens is 3. The van der Waals surface area contributed by atoms with E-state index in [1.807, 2.05) is 78.9 Å². The number of amides is 3. The lowest BCUT2D eigenvalue weighted by Gasteiger charge is -2.54. The van der Waals surface area contributed by atoms with Crippen molar-refractivity contribution in [3.8, 4) is 11.5 Å². The molecular formula is C39H27Cl3N2O4. The van der Waals surface area contributed by atoms with Crippen molar-refractivity contribution in [3.05, 3.63) is 160 Å². The maximum Gasteiger partial charge on any atom is 0.248 e. The monoisotopic (exact) mass is 692 g/mol. The fraction of sp³-hybridized carbons (Fsp3) is 0.154. The number of likely N-dealkylation sites (tertiary alicyclic amines) is 1. The van der Waals surface area contributed by atoms with Crippen LogP contribution in [0.5, 0.6) is 11.5 Å². The molecule has 0 saturated carbocycles. The number of benzene rings is 5. The van der Waals surface area contributed by atoms with E-state index >= 15 is 0 Å². The van der Waals surface area contributed by atoms with E-state index in [1.54, 1.807) is 48.5 Å². The highest BCUT2D eigenvalue weighted by Gasteiger charge is 2.73. The van der Waals surface area contributed by atoms with E-state index in [1.165, 1.54) is 0 Å². The van der Waals surface area contributed by atoms with Gasteiger partial charge in [0.05, 0.1) is 11.8 Å². The lowest BCUT2D eigenvalue weighted by molar-refractivity contribution is -0.146. The highest BCUT2D eigenvalue weighted by molar-refractivity contribution is 6.36. The van der Waals surface area contributed by atoms with Gasteiger partial charge in [-0.1, -0.05) is 90.5 Å². The highest BCUT2D eigenvalue weighted by Crippen LogP contribution is 2.69. The molecule has 4 aliphatic rings. The Labute approximate surface area is 292 Å². The second kappa shape index (κ2) is 11.5. The first-order chi connectivity index (χ1) is 23.2. The first-order valence-corrected chi connectivity index (χ1v) is 16.7. The Morgan fingerprint density at radius 1 is 0.667 bits per heavy atom. The number of rotatable bonds is 7. The van der Waals surface area contributed by atoms with Crippen LogP contribution in [0.4, 0.5) is 5.69 Å². The van der Waals surface area contributed by atoms with Gasteiger partial charge in [0.15, 0.2) is 0 Å². The van der Waals surface area contributed by atoms with E-state index in [0.717, 1.165) is 10.5 Å². The van der Waals surface area contributed by atoms with Crippen molar-refractivity contribution in [1.82, 2.24) is 4.90 Å². The average Bonchev–Trinajstić information content (AvgIpc) is 3.38. The summed E-state index contributed by atoms with van der Waals surface area (Å²) in [7, 11) is 0. The van der Waals surface area contributed by atoms with Crippen LogP contribution in [-0.2, 0) is 30.6 Å². The van der Waals surface area contributed by atoms with E-state index in [2.05, 4.69) is 5.32 Å². The van der Waals surface area contributed by atoms with Gasteiger partial charge in [0.25, 0.3) is 0 Å². The second-order valence-electron chi connectivity index (χ2n) is 12.3. The highest BCUT2D eigenvalue weighted by atomic mass is 35.5. The van der Waals surface area contributed by atoms with Gasteiger partial charge in [0, 0.05) is 17.1 Å². The third-order valence-corrected chi connectivity index (χ3v) is 11.2. The molecule has 3 amide bonds. The quantitative estimate of drug-likeness (QED) is 0.138. The number of alkyl halides is 2. The van der Waals surface area contributed by atoms with Crippen molar-refractivity contribution < 1.29 is 19.1 Å². The third-order valence-electron chi connectivity index (χ3n) is 9.68. The van der Waals surface area contributed by atoms with Crippen LogP contribution in [0, 0.1) is 11.8 Å². The summed E-state index contributed by atoms with van der Waals surface area (Å²) in [6, 6.07) is 36.9. The molecule has 5 aromatic rings. The predicted octanol–water partition coefficient (Wildman–Crippen LogP) is 8.28. The molecule has 0 unspecified atom stereocenters. The van der Waals surface area contributed by atoms with Gasteiger partial charge in [0.1, 0.15) is 27.3 Å². The first-order valence-electron chi connectivity index (χ1n) is 15.5. The molecule has 9 rings (SSSR count). The molecule has 1 N–H and O–H groups in total. The smallest absolute Gasteiger partial charge is 0.248 e. The Balaban J connectivity index is 1.15. The summed E-state index contributed by atoms with van der Waals surface area (Å²) in [6.45, 7) is 0. The molecule has 1 aliphatic heterocycles. The lowest BCUT2D eigenvalue weighted by atomic mass is 9.54. The summed E-state index contributed by atoms with van der Waals surface area (Å²) < 4.78 is 5.89. The van der Waals surface area contributed by atoms with E-state index in [-0.39, 0.29) is 6.42 Å². The Hall–Kier alpha value is -4.62. The second-order valence-corrected chi connectivity index (χ2v) is 13.9. The Morgan fingerprint density at radius 3 is 1.58 bits per heavy atom. The molecule has 3 atom stereocenters. The first kappa shape index (κ1) is 30.7. The van der Waals surface area contributed by atoms with Gasteiger partial charge in [-0.2, -0.15) is 0 Å².